The van der Waals surface area contributed by atoms with E-state index in [0.717, 1.165) is 0 Å². The maximum absolute atomic E-state index is 13.1. The fraction of sp³-hybridized carbons (Fsp3) is 0.522. The quantitative estimate of drug-likeness (QED) is 0.705. The summed E-state index contributed by atoms with van der Waals surface area (Å²) in [5.74, 6) is -1.44. The van der Waals surface area contributed by atoms with Crippen LogP contribution in [0.25, 0.3) is 0 Å². The maximum atomic E-state index is 13.1. The summed E-state index contributed by atoms with van der Waals surface area (Å²) in [6, 6.07) is 6.20. The lowest BCUT2D eigenvalue weighted by Crippen LogP contribution is -2.63. The van der Waals surface area contributed by atoms with Crippen LogP contribution in [0, 0.1) is 6.92 Å². The number of carbonyl (C=O) groups is 2. The van der Waals surface area contributed by atoms with Gasteiger partial charge < -0.3 is 14.2 Å². The first-order valence-corrected chi connectivity index (χ1v) is 10.8. The van der Waals surface area contributed by atoms with Gasteiger partial charge in [-0.15, -0.1) is 0 Å². The van der Waals surface area contributed by atoms with Crippen LogP contribution in [-0.2, 0) is 12.1 Å². The third-order valence-electron chi connectivity index (χ3n) is 6.47. The van der Waals surface area contributed by atoms with E-state index in [1.165, 1.54) is 17.7 Å². The van der Waals surface area contributed by atoms with Gasteiger partial charge in [-0.3, -0.25) is 14.9 Å². The molecule has 1 saturated heterocycles. The molecule has 7 nitrogen and oxygen atoms in total. The number of hydrogen-bond acceptors (Lipinski definition) is 5. The maximum Gasteiger partial charge on any atom is 0.456 e. The van der Waals surface area contributed by atoms with Crippen molar-refractivity contribution < 1.29 is 27.5 Å². The number of Topliss-reactive ketones (excluding diaryl/α,β-unsaturated/α-hetero) is 1. The molecular weight excluding hydrogens is 437 g/mol. The number of aromatic nitrogens is 2. The number of methoxy groups -OCH3 is 1. The predicted octanol–water partition coefficient (Wildman–Crippen LogP) is 3.46. The first-order valence-electron chi connectivity index (χ1n) is 10.8. The number of hydrogen-bond donors (Lipinski definition) is 1. The van der Waals surface area contributed by atoms with Gasteiger partial charge in [0.05, 0.1) is 24.0 Å². The summed E-state index contributed by atoms with van der Waals surface area (Å²) >= 11 is 0. The fourth-order valence-corrected chi connectivity index (χ4v) is 5.06. The number of fused-ring (bicyclic) bond motifs is 2. The van der Waals surface area contributed by atoms with Gasteiger partial charge in [0.1, 0.15) is 11.4 Å². The van der Waals surface area contributed by atoms with Gasteiger partial charge in [-0.05, 0) is 57.9 Å². The van der Waals surface area contributed by atoms with Gasteiger partial charge in [-0.2, -0.15) is 13.2 Å². The standard InChI is InChI=1S/C23H27F3N4O3/c1-14-17(33-4)7-5-15(27-14)20(32)29-11-9-22(10-12-29)18-8-6-16(19(31)23(24,25)26)30(18)13-21(2,3)28-22/h5-8,28H,9-13H2,1-4H3. The number of halogens is 3. The number of carbonyl (C=O) groups excluding carboxylic acids is 2. The Kier molecular flexibility index (Phi) is 5.55. The molecule has 0 unspecified atom stereocenters. The van der Waals surface area contributed by atoms with Crippen molar-refractivity contribution in [3.05, 3.63) is 47.0 Å². The second-order valence-corrected chi connectivity index (χ2v) is 9.38. The van der Waals surface area contributed by atoms with Gasteiger partial charge in [0.15, 0.2) is 0 Å². The summed E-state index contributed by atoms with van der Waals surface area (Å²) in [6.45, 7) is 6.63. The zero-order chi connectivity index (χ0) is 24.2. The normalized spacial score (nSPS) is 19.3. The Morgan fingerprint density at radius 1 is 1.12 bits per heavy atom. The molecule has 1 N–H and O–H groups in total. The molecule has 0 bridgehead atoms. The van der Waals surface area contributed by atoms with Crippen LogP contribution in [0.5, 0.6) is 5.75 Å². The molecule has 2 aliphatic rings. The van der Waals surface area contributed by atoms with E-state index in [0.29, 0.717) is 48.8 Å². The first-order chi connectivity index (χ1) is 15.4. The molecule has 2 aliphatic heterocycles. The highest BCUT2D eigenvalue weighted by molar-refractivity contribution is 5.99. The summed E-state index contributed by atoms with van der Waals surface area (Å²) in [5, 5.41) is 3.60. The van der Waals surface area contributed by atoms with Crippen molar-refractivity contribution in [2.75, 3.05) is 20.2 Å². The van der Waals surface area contributed by atoms with Crippen molar-refractivity contribution >= 4 is 11.7 Å². The molecule has 1 fully saturated rings. The predicted molar refractivity (Wildman–Crippen MR) is 114 cm³/mol. The van der Waals surface area contributed by atoms with Crippen LogP contribution in [0.2, 0.25) is 0 Å². The Morgan fingerprint density at radius 3 is 2.36 bits per heavy atom. The van der Waals surface area contributed by atoms with Gasteiger partial charge in [0.2, 0.25) is 0 Å². The second-order valence-electron chi connectivity index (χ2n) is 9.38. The number of alkyl halides is 3. The van der Waals surface area contributed by atoms with Crippen LogP contribution in [0.15, 0.2) is 24.3 Å². The summed E-state index contributed by atoms with van der Waals surface area (Å²) < 4.78 is 46.1. The smallest absolute Gasteiger partial charge is 0.456 e. The van der Waals surface area contributed by atoms with Crippen LogP contribution in [0.1, 0.15) is 59.1 Å². The average molecular weight is 464 g/mol. The van der Waals surface area contributed by atoms with Gasteiger partial charge in [-0.1, -0.05) is 0 Å². The molecule has 178 valence electrons. The molecule has 4 heterocycles. The van der Waals surface area contributed by atoms with Crippen molar-refractivity contribution in [2.45, 2.75) is 57.4 Å². The largest absolute Gasteiger partial charge is 0.495 e. The molecule has 2 aromatic heterocycles. The van der Waals surface area contributed by atoms with Gasteiger partial charge >= 0.3 is 6.18 Å². The summed E-state index contributed by atoms with van der Waals surface area (Å²) in [4.78, 5) is 31.1. The molecule has 0 aliphatic carbocycles. The number of rotatable bonds is 3. The van der Waals surface area contributed by atoms with E-state index in [2.05, 4.69) is 10.3 Å². The van der Waals surface area contributed by atoms with E-state index in [4.69, 9.17) is 4.74 Å². The molecule has 10 heteroatoms. The Labute approximate surface area is 189 Å². The monoisotopic (exact) mass is 464 g/mol. The molecule has 0 radical (unpaired) electrons. The minimum absolute atomic E-state index is 0.200. The highest BCUT2D eigenvalue weighted by atomic mass is 19.4. The molecular formula is C23H27F3N4O3. The number of likely N-dealkylation sites (tertiary alicyclic amines) is 1. The highest BCUT2D eigenvalue weighted by Gasteiger charge is 2.49. The van der Waals surface area contributed by atoms with E-state index in [1.807, 2.05) is 13.8 Å². The fourth-order valence-electron chi connectivity index (χ4n) is 5.06. The summed E-state index contributed by atoms with van der Waals surface area (Å²) in [6.07, 6.45) is -3.93. The van der Waals surface area contributed by atoms with Crippen molar-refractivity contribution in [1.82, 2.24) is 19.8 Å². The first kappa shape index (κ1) is 23.3. The third kappa shape index (κ3) is 4.12. The molecule has 4 rings (SSSR count). The van der Waals surface area contributed by atoms with E-state index in [-0.39, 0.29) is 18.1 Å². The number of piperidine rings is 1. The lowest BCUT2D eigenvalue weighted by atomic mass is 9.79. The number of ketones is 1. The molecule has 0 saturated carbocycles. The molecule has 1 spiro atoms. The van der Waals surface area contributed by atoms with Crippen LogP contribution < -0.4 is 10.1 Å². The summed E-state index contributed by atoms with van der Waals surface area (Å²) in [7, 11) is 1.54. The minimum atomic E-state index is -4.93. The third-order valence-corrected chi connectivity index (χ3v) is 6.47. The molecule has 33 heavy (non-hydrogen) atoms. The minimum Gasteiger partial charge on any atom is -0.495 e. The highest BCUT2D eigenvalue weighted by Crippen LogP contribution is 2.41. The SMILES string of the molecule is COc1ccc(C(=O)N2CCC3(CC2)NC(C)(C)Cn2c(C(=O)C(F)(F)F)ccc23)nc1C. The second kappa shape index (κ2) is 7.86. The number of nitrogens with one attached hydrogen (secondary N) is 1. The number of amides is 1. The molecule has 2 aromatic rings. The number of nitrogens with zero attached hydrogens (tertiary/aromatic N) is 3. The van der Waals surface area contributed by atoms with E-state index in [1.54, 1.807) is 30.0 Å². The lowest BCUT2D eigenvalue weighted by molar-refractivity contribution is -0.0892. The number of pyridine rings is 1. The van der Waals surface area contributed by atoms with E-state index >= 15 is 0 Å². The van der Waals surface area contributed by atoms with Gasteiger partial charge in [0.25, 0.3) is 11.7 Å². The van der Waals surface area contributed by atoms with Crippen molar-refractivity contribution in [2.24, 2.45) is 0 Å². The lowest BCUT2D eigenvalue weighted by Gasteiger charge is -2.51. The van der Waals surface area contributed by atoms with E-state index in [9.17, 15) is 22.8 Å². The zero-order valence-corrected chi connectivity index (χ0v) is 19.0. The number of ether oxygens (including phenoxy) is 1. The van der Waals surface area contributed by atoms with Crippen LogP contribution >= 0.6 is 0 Å². The molecule has 1 amide bonds. The van der Waals surface area contributed by atoms with Gasteiger partial charge in [-0.25, -0.2) is 4.98 Å². The Hall–Kier alpha value is -2.88. The summed E-state index contributed by atoms with van der Waals surface area (Å²) in [5.41, 5.74) is 0.0805. The van der Waals surface area contributed by atoms with Gasteiger partial charge in [0, 0.05) is 30.9 Å². The average Bonchev–Trinajstić information content (AvgIpc) is 3.15. The van der Waals surface area contributed by atoms with Crippen molar-refractivity contribution in [3.8, 4) is 5.75 Å². The van der Waals surface area contributed by atoms with E-state index < -0.39 is 23.0 Å². The number of aryl methyl sites for hydroxylation is 1. The van der Waals surface area contributed by atoms with Crippen LogP contribution in [0.4, 0.5) is 13.2 Å². The molecule has 0 aromatic carbocycles. The van der Waals surface area contributed by atoms with Crippen LogP contribution in [0.3, 0.4) is 0 Å². The Balaban J connectivity index is 1.59. The Bertz CT molecular complexity index is 1100. The zero-order valence-electron chi connectivity index (χ0n) is 19.0. The van der Waals surface area contributed by atoms with Crippen molar-refractivity contribution in [3.63, 3.8) is 0 Å². The molecule has 0 atom stereocenters. The van der Waals surface area contributed by atoms with Crippen molar-refractivity contribution in [1.29, 1.82) is 0 Å². The van der Waals surface area contributed by atoms with Crippen LogP contribution in [-0.4, -0.2) is 58.1 Å². The Morgan fingerprint density at radius 2 is 1.79 bits per heavy atom. The topological polar surface area (TPSA) is 76.5 Å².